The van der Waals surface area contributed by atoms with Gasteiger partial charge in [-0.15, -0.1) is 0 Å². The first-order valence-corrected chi connectivity index (χ1v) is 6.51. The van der Waals surface area contributed by atoms with Crippen molar-refractivity contribution < 1.29 is 4.74 Å². The van der Waals surface area contributed by atoms with Gasteiger partial charge >= 0.3 is 0 Å². The van der Waals surface area contributed by atoms with Crippen molar-refractivity contribution >= 4 is 5.82 Å². The molecule has 17 heavy (non-hydrogen) atoms. The summed E-state index contributed by atoms with van der Waals surface area (Å²) < 4.78 is 5.10. The van der Waals surface area contributed by atoms with Crippen LogP contribution in [0.3, 0.4) is 0 Å². The van der Waals surface area contributed by atoms with Gasteiger partial charge in [-0.1, -0.05) is 20.3 Å². The second-order valence-electron chi connectivity index (χ2n) is 4.94. The molecule has 3 nitrogen and oxygen atoms in total. The highest BCUT2D eigenvalue weighted by molar-refractivity contribution is 5.38. The lowest BCUT2D eigenvalue weighted by Gasteiger charge is -2.21. The third-order valence-electron chi connectivity index (χ3n) is 4.06. The lowest BCUT2D eigenvalue weighted by atomic mass is 9.93. The normalized spacial score (nSPS) is 28.1. The van der Waals surface area contributed by atoms with E-state index in [-0.39, 0.29) is 0 Å². The Morgan fingerprint density at radius 2 is 2.24 bits per heavy atom. The van der Waals surface area contributed by atoms with Crippen LogP contribution in [0.2, 0.25) is 0 Å². The first kappa shape index (κ1) is 12.2. The molecule has 0 spiro atoms. The molecule has 0 amide bonds. The predicted octanol–water partition coefficient (Wildman–Crippen LogP) is 3.33. The monoisotopic (exact) mass is 234 g/mol. The van der Waals surface area contributed by atoms with E-state index < -0.39 is 0 Å². The Kier molecular flexibility index (Phi) is 3.87. The number of hydrogen-bond donors (Lipinski definition) is 1. The van der Waals surface area contributed by atoms with Crippen LogP contribution < -0.4 is 10.1 Å². The fourth-order valence-electron chi connectivity index (χ4n) is 2.80. The van der Waals surface area contributed by atoms with Gasteiger partial charge in [0.15, 0.2) is 0 Å². The molecule has 0 aliphatic heterocycles. The molecule has 1 aromatic heterocycles. The van der Waals surface area contributed by atoms with E-state index >= 15 is 0 Å². The van der Waals surface area contributed by atoms with Crippen molar-refractivity contribution in [2.24, 2.45) is 11.8 Å². The quantitative estimate of drug-likeness (QED) is 0.867. The van der Waals surface area contributed by atoms with Crippen molar-refractivity contribution in [3.05, 3.63) is 18.3 Å². The Morgan fingerprint density at radius 1 is 1.41 bits per heavy atom. The summed E-state index contributed by atoms with van der Waals surface area (Å²) in [5, 5.41) is 3.54. The summed E-state index contributed by atoms with van der Waals surface area (Å²) in [6.45, 7) is 4.64. The van der Waals surface area contributed by atoms with Gasteiger partial charge in [0.1, 0.15) is 11.6 Å². The van der Waals surface area contributed by atoms with Crippen LogP contribution in [0.1, 0.15) is 33.1 Å². The van der Waals surface area contributed by atoms with E-state index in [4.69, 9.17) is 4.74 Å². The second-order valence-corrected chi connectivity index (χ2v) is 4.94. The Balaban J connectivity index is 1.96. The molecule has 3 atom stereocenters. The minimum atomic E-state index is 0.570. The van der Waals surface area contributed by atoms with Crippen LogP contribution >= 0.6 is 0 Å². The number of nitrogens with zero attached hydrogens (tertiary/aromatic N) is 1. The van der Waals surface area contributed by atoms with Gasteiger partial charge in [0.05, 0.1) is 13.3 Å². The molecule has 1 fully saturated rings. The van der Waals surface area contributed by atoms with Crippen molar-refractivity contribution in [1.82, 2.24) is 4.98 Å². The van der Waals surface area contributed by atoms with Crippen molar-refractivity contribution in [1.29, 1.82) is 0 Å². The van der Waals surface area contributed by atoms with Gasteiger partial charge in [-0.25, -0.2) is 4.98 Å². The lowest BCUT2D eigenvalue weighted by Crippen LogP contribution is -2.25. The Hall–Kier alpha value is -1.25. The van der Waals surface area contributed by atoms with Gasteiger partial charge in [-0.2, -0.15) is 0 Å². The Labute approximate surface area is 104 Å². The van der Waals surface area contributed by atoms with Crippen LogP contribution in [-0.2, 0) is 0 Å². The fourth-order valence-corrected chi connectivity index (χ4v) is 2.80. The number of pyridine rings is 1. The Bertz CT molecular complexity index is 350. The number of methoxy groups -OCH3 is 1. The average molecular weight is 234 g/mol. The number of ether oxygens (including phenoxy) is 1. The molecule has 0 saturated heterocycles. The summed E-state index contributed by atoms with van der Waals surface area (Å²) in [6.07, 6.45) is 5.65. The van der Waals surface area contributed by atoms with Crippen LogP contribution in [0.5, 0.6) is 5.75 Å². The van der Waals surface area contributed by atoms with Crippen molar-refractivity contribution in [2.45, 2.75) is 39.2 Å². The standard InChI is InChI=1S/C14H22N2O/c1-4-11-5-7-13(10(11)2)16-14-8-6-12(17-3)9-15-14/h6,8-11,13H,4-5,7H2,1-3H3,(H,15,16). The van der Waals surface area contributed by atoms with Crippen molar-refractivity contribution in [3.63, 3.8) is 0 Å². The highest BCUT2D eigenvalue weighted by Gasteiger charge is 2.31. The molecule has 1 aliphatic rings. The molecule has 2 rings (SSSR count). The molecule has 3 heteroatoms. The molecule has 0 radical (unpaired) electrons. The maximum Gasteiger partial charge on any atom is 0.137 e. The topological polar surface area (TPSA) is 34.1 Å². The first-order valence-electron chi connectivity index (χ1n) is 6.51. The number of nitrogens with one attached hydrogen (secondary N) is 1. The molecular weight excluding hydrogens is 212 g/mol. The maximum atomic E-state index is 5.10. The Morgan fingerprint density at radius 3 is 2.76 bits per heavy atom. The van der Waals surface area contributed by atoms with E-state index in [0.29, 0.717) is 6.04 Å². The van der Waals surface area contributed by atoms with Gasteiger partial charge in [0.25, 0.3) is 0 Å². The average Bonchev–Trinajstić information content (AvgIpc) is 2.71. The third kappa shape index (κ3) is 2.71. The number of aromatic nitrogens is 1. The third-order valence-corrected chi connectivity index (χ3v) is 4.06. The van der Waals surface area contributed by atoms with E-state index in [1.807, 2.05) is 12.1 Å². The van der Waals surface area contributed by atoms with E-state index in [9.17, 15) is 0 Å². The van der Waals surface area contributed by atoms with Gasteiger partial charge < -0.3 is 10.1 Å². The van der Waals surface area contributed by atoms with E-state index in [2.05, 4.69) is 24.1 Å². The molecule has 94 valence electrons. The minimum absolute atomic E-state index is 0.570. The smallest absolute Gasteiger partial charge is 0.137 e. The van der Waals surface area contributed by atoms with Crippen LogP contribution in [0.15, 0.2) is 18.3 Å². The van der Waals surface area contributed by atoms with Crippen molar-refractivity contribution in [2.75, 3.05) is 12.4 Å². The summed E-state index contributed by atoms with van der Waals surface area (Å²) in [6, 6.07) is 4.51. The molecule has 1 heterocycles. The SMILES string of the molecule is CCC1CCC(Nc2ccc(OC)cn2)C1C. The summed E-state index contributed by atoms with van der Waals surface area (Å²) in [5.41, 5.74) is 0. The van der Waals surface area contributed by atoms with Crippen molar-refractivity contribution in [3.8, 4) is 5.75 Å². The van der Waals surface area contributed by atoms with Gasteiger partial charge in [0.2, 0.25) is 0 Å². The first-order chi connectivity index (χ1) is 8.24. The maximum absolute atomic E-state index is 5.10. The molecular formula is C14H22N2O. The minimum Gasteiger partial charge on any atom is -0.495 e. The summed E-state index contributed by atoms with van der Waals surface area (Å²) in [5.74, 6) is 3.37. The molecule has 0 bridgehead atoms. The summed E-state index contributed by atoms with van der Waals surface area (Å²) in [4.78, 5) is 4.36. The summed E-state index contributed by atoms with van der Waals surface area (Å²) >= 11 is 0. The predicted molar refractivity (Wildman–Crippen MR) is 70.4 cm³/mol. The molecule has 0 aromatic carbocycles. The highest BCUT2D eigenvalue weighted by atomic mass is 16.5. The van der Waals surface area contributed by atoms with Gasteiger partial charge in [0, 0.05) is 6.04 Å². The molecule has 3 unspecified atom stereocenters. The summed E-state index contributed by atoms with van der Waals surface area (Å²) in [7, 11) is 1.66. The fraction of sp³-hybridized carbons (Fsp3) is 0.643. The molecule has 1 saturated carbocycles. The number of hydrogen-bond acceptors (Lipinski definition) is 3. The van der Waals surface area contributed by atoms with Crippen LogP contribution in [0.4, 0.5) is 5.82 Å². The van der Waals surface area contributed by atoms with Crippen LogP contribution in [0, 0.1) is 11.8 Å². The number of anilines is 1. The van der Waals surface area contributed by atoms with E-state index in [1.54, 1.807) is 13.3 Å². The largest absolute Gasteiger partial charge is 0.495 e. The zero-order valence-corrected chi connectivity index (χ0v) is 10.9. The van der Waals surface area contributed by atoms with E-state index in [0.717, 1.165) is 23.4 Å². The molecule has 1 aromatic rings. The van der Waals surface area contributed by atoms with E-state index in [1.165, 1.54) is 19.3 Å². The van der Waals surface area contributed by atoms with Gasteiger partial charge in [-0.05, 0) is 36.8 Å². The van der Waals surface area contributed by atoms with Gasteiger partial charge in [-0.3, -0.25) is 0 Å². The van der Waals surface area contributed by atoms with Crippen LogP contribution in [-0.4, -0.2) is 18.1 Å². The van der Waals surface area contributed by atoms with Crippen LogP contribution in [0.25, 0.3) is 0 Å². The number of rotatable bonds is 4. The lowest BCUT2D eigenvalue weighted by molar-refractivity contribution is 0.391. The highest BCUT2D eigenvalue weighted by Crippen LogP contribution is 2.35. The second kappa shape index (κ2) is 5.39. The molecule has 1 aliphatic carbocycles. The zero-order valence-electron chi connectivity index (χ0n) is 10.9. The molecule has 1 N–H and O–H groups in total. The zero-order chi connectivity index (χ0) is 12.3.